The van der Waals surface area contributed by atoms with Gasteiger partial charge >= 0.3 is 18.9 Å². The third kappa shape index (κ3) is 2.40. The summed E-state index contributed by atoms with van der Waals surface area (Å²) >= 11 is 0. The van der Waals surface area contributed by atoms with Crippen LogP contribution in [0.25, 0.3) is 0 Å². The summed E-state index contributed by atoms with van der Waals surface area (Å²) in [5.74, 6) is 0. The van der Waals surface area contributed by atoms with Crippen LogP contribution < -0.4 is 18.9 Å². The van der Waals surface area contributed by atoms with Crippen LogP contribution in [0.15, 0.2) is 12.1 Å². The van der Waals surface area contributed by atoms with Crippen LogP contribution in [0.4, 0.5) is 0 Å². The van der Waals surface area contributed by atoms with Crippen molar-refractivity contribution in [3.05, 3.63) is 34.9 Å². The molecule has 0 N–H and O–H groups in total. The van der Waals surface area contributed by atoms with Crippen LogP contribution in [0.5, 0.6) is 0 Å². The largest absolute Gasteiger partial charge is 1.00 e. The monoisotopic (exact) mass is 184 g/mol. The van der Waals surface area contributed by atoms with Gasteiger partial charge in [0, 0.05) is 0 Å². The Balaban J connectivity index is 0.000000980. The minimum absolute atomic E-state index is 0. The van der Waals surface area contributed by atoms with Crippen molar-refractivity contribution in [3.8, 4) is 0 Å². The van der Waals surface area contributed by atoms with E-state index in [2.05, 4.69) is 26.0 Å². The normalized spacial score (nSPS) is 16.7. The Morgan fingerprint density at radius 1 is 1.21 bits per heavy atom. The minimum Gasteiger partial charge on any atom is -0.348 e. The molecule has 2 nitrogen and oxygen atoms in total. The second-order valence-electron chi connectivity index (χ2n) is 3.33. The van der Waals surface area contributed by atoms with E-state index >= 15 is 0 Å². The van der Waals surface area contributed by atoms with Gasteiger partial charge in [0.15, 0.2) is 6.29 Å². The van der Waals surface area contributed by atoms with Gasteiger partial charge < -0.3 is 9.47 Å². The molecule has 0 bridgehead atoms. The van der Waals surface area contributed by atoms with Crippen molar-refractivity contribution in [2.75, 3.05) is 13.2 Å². The van der Waals surface area contributed by atoms with Gasteiger partial charge in [-0.25, -0.2) is 0 Å². The van der Waals surface area contributed by atoms with Gasteiger partial charge in [0.25, 0.3) is 0 Å². The first-order valence-corrected chi connectivity index (χ1v) is 4.49. The number of hydrogen-bond donors (Lipinski definition) is 0. The van der Waals surface area contributed by atoms with Crippen LogP contribution in [0.2, 0.25) is 0 Å². The molecule has 1 heterocycles. The molecule has 0 atom stereocenters. The van der Waals surface area contributed by atoms with Gasteiger partial charge in [-0.05, 0) is 0 Å². The van der Waals surface area contributed by atoms with Crippen molar-refractivity contribution in [2.45, 2.75) is 20.1 Å². The Morgan fingerprint density at radius 2 is 1.86 bits per heavy atom. The van der Waals surface area contributed by atoms with Gasteiger partial charge in [-0.3, -0.25) is 0 Å². The average Bonchev–Trinajstić information content (AvgIpc) is 2.62. The van der Waals surface area contributed by atoms with E-state index in [-0.39, 0.29) is 25.2 Å². The zero-order valence-corrected chi connectivity index (χ0v) is 8.96. The molecule has 14 heavy (non-hydrogen) atoms. The van der Waals surface area contributed by atoms with E-state index in [0.29, 0.717) is 13.2 Å². The third-order valence-corrected chi connectivity index (χ3v) is 2.33. The minimum atomic E-state index is -0.195. The third-order valence-electron chi connectivity index (χ3n) is 2.33. The van der Waals surface area contributed by atoms with Gasteiger partial charge in [0.05, 0.1) is 13.2 Å². The molecule has 1 aromatic carbocycles. The predicted octanol–water partition coefficient (Wildman–Crippen LogP) is -0.847. The number of ether oxygens (including phenoxy) is 2. The van der Waals surface area contributed by atoms with E-state index in [1.165, 1.54) is 11.1 Å². The van der Waals surface area contributed by atoms with Gasteiger partial charge in [0.2, 0.25) is 0 Å². The number of rotatable bonds is 1. The van der Waals surface area contributed by atoms with Crippen LogP contribution in [0.1, 0.15) is 23.0 Å². The van der Waals surface area contributed by atoms with Crippen LogP contribution in [-0.2, 0) is 9.47 Å². The summed E-state index contributed by atoms with van der Waals surface area (Å²) in [5, 5.41) is 0. The molecule has 0 amide bonds. The molecule has 70 valence electrons. The van der Waals surface area contributed by atoms with E-state index in [0.717, 1.165) is 5.56 Å². The second kappa shape index (κ2) is 5.00. The molecule has 0 radical (unpaired) electrons. The molecular weight excluding hydrogens is 171 g/mol. The zero-order chi connectivity index (χ0) is 9.26. The van der Waals surface area contributed by atoms with Gasteiger partial charge in [-0.1, -0.05) is 13.8 Å². The topological polar surface area (TPSA) is 18.5 Å². The molecule has 0 aromatic heterocycles. The Labute approximate surface area is 96.8 Å². The Hall–Kier alpha value is -0.263. The maximum absolute atomic E-state index is 5.38. The smallest absolute Gasteiger partial charge is 0.348 e. The maximum atomic E-state index is 5.38. The van der Waals surface area contributed by atoms with E-state index in [9.17, 15) is 0 Å². The molecule has 2 rings (SSSR count). The van der Waals surface area contributed by atoms with Crippen LogP contribution >= 0.6 is 0 Å². The Kier molecular flexibility index (Phi) is 4.22. The van der Waals surface area contributed by atoms with E-state index in [1.54, 1.807) is 0 Å². The van der Waals surface area contributed by atoms with Crippen molar-refractivity contribution in [1.29, 1.82) is 0 Å². The van der Waals surface area contributed by atoms with Crippen LogP contribution in [0, 0.1) is 19.9 Å². The molecule has 3 heteroatoms. The summed E-state index contributed by atoms with van der Waals surface area (Å²) < 4.78 is 10.8. The summed E-state index contributed by atoms with van der Waals surface area (Å²) in [6.07, 6.45) is -0.195. The first-order valence-electron chi connectivity index (χ1n) is 4.49. The number of benzene rings is 1. The Morgan fingerprint density at radius 3 is 2.43 bits per heavy atom. The zero-order valence-electron chi connectivity index (χ0n) is 8.96. The molecule has 1 aromatic rings. The summed E-state index contributed by atoms with van der Waals surface area (Å²) in [6.45, 7) is 5.53. The summed E-state index contributed by atoms with van der Waals surface area (Å²) in [5.41, 5.74) is 3.51. The quantitative estimate of drug-likeness (QED) is 0.418. The summed E-state index contributed by atoms with van der Waals surface area (Å²) in [4.78, 5) is 0. The molecule has 0 spiro atoms. The molecule has 0 unspecified atom stereocenters. The molecular formula is C11H13LiO2. The standard InChI is InChI=1S/C11H13O2.Li/c1-8-3-4-10(7-9(8)2)11-12-5-6-13-11;/h3,7,11H,5-6H2,1-2H3;/q-1;+1. The van der Waals surface area contributed by atoms with Gasteiger partial charge in [-0.15, -0.1) is 5.56 Å². The fourth-order valence-corrected chi connectivity index (χ4v) is 1.37. The van der Waals surface area contributed by atoms with E-state index in [4.69, 9.17) is 9.47 Å². The first-order chi connectivity index (χ1) is 6.27. The molecule has 0 aliphatic carbocycles. The molecule has 1 aliphatic rings. The van der Waals surface area contributed by atoms with Gasteiger partial charge in [0.1, 0.15) is 0 Å². The second-order valence-corrected chi connectivity index (χ2v) is 3.33. The van der Waals surface area contributed by atoms with Crippen molar-refractivity contribution >= 4 is 0 Å². The summed E-state index contributed by atoms with van der Waals surface area (Å²) in [6, 6.07) is 7.23. The van der Waals surface area contributed by atoms with E-state index < -0.39 is 0 Å². The molecule has 0 saturated carbocycles. The summed E-state index contributed by atoms with van der Waals surface area (Å²) in [7, 11) is 0. The fraction of sp³-hybridized carbons (Fsp3) is 0.455. The van der Waals surface area contributed by atoms with Crippen LogP contribution in [-0.4, -0.2) is 13.2 Å². The fourth-order valence-electron chi connectivity index (χ4n) is 1.37. The average molecular weight is 184 g/mol. The number of aryl methyl sites for hydroxylation is 2. The van der Waals surface area contributed by atoms with Crippen molar-refractivity contribution in [1.82, 2.24) is 0 Å². The SMILES string of the molecule is Cc1c[c-]c(C2OCCO2)cc1C.[Li+]. The number of hydrogen-bond acceptors (Lipinski definition) is 2. The van der Waals surface area contributed by atoms with Gasteiger partial charge in [-0.2, -0.15) is 29.3 Å². The van der Waals surface area contributed by atoms with Crippen molar-refractivity contribution in [2.24, 2.45) is 0 Å². The Bertz CT molecular complexity index is 306. The van der Waals surface area contributed by atoms with Crippen molar-refractivity contribution < 1.29 is 28.3 Å². The van der Waals surface area contributed by atoms with E-state index in [1.807, 2.05) is 6.07 Å². The predicted molar refractivity (Wildman–Crippen MR) is 49.4 cm³/mol. The first kappa shape index (κ1) is 11.8. The molecule has 1 saturated heterocycles. The molecule has 1 fully saturated rings. The van der Waals surface area contributed by atoms with Crippen molar-refractivity contribution in [3.63, 3.8) is 0 Å². The molecule has 1 aliphatic heterocycles. The maximum Gasteiger partial charge on any atom is 1.00 e. The van der Waals surface area contributed by atoms with Crippen LogP contribution in [0.3, 0.4) is 0 Å².